The van der Waals surface area contributed by atoms with Crippen molar-refractivity contribution in [3.63, 3.8) is 0 Å². The Morgan fingerprint density at radius 3 is 2.35 bits per heavy atom. The van der Waals surface area contributed by atoms with Crippen molar-refractivity contribution < 1.29 is 9.59 Å². The van der Waals surface area contributed by atoms with Crippen LogP contribution in [0.1, 0.15) is 40.0 Å². The van der Waals surface area contributed by atoms with Crippen LogP contribution in [0, 0.1) is 5.92 Å². The summed E-state index contributed by atoms with van der Waals surface area (Å²) in [6.45, 7) is 6.75. The molecule has 3 amide bonds. The van der Waals surface area contributed by atoms with Gasteiger partial charge in [0.15, 0.2) is 0 Å². The maximum Gasteiger partial charge on any atom is 0.315 e. The van der Waals surface area contributed by atoms with Gasteiger partial charge in [0, 0.05) is 13.6 Å². The first kappa shape index (κ1) is 15.7. The highest BCUT2D eigenvalue weighted by Crippen LogP contribution is 2.04. The van der Waals surface area contributed by atoms with Crippen LogP contribution in [0.2, 0.25) is 0 Å². The molecule has 0 saturated carbocycles. The van der Waals surface area contributed by atoms with Crippen LogP contribution in [0.15, 0.2) is 0 Å². The summed E-state index contributed by atoms with van der Waals surface area (Å²) < 4.78 is 0. The van der Waals surface area contributed by atoms with E-state index in [4.69, 9.17) is 0 Å². The van der Waals surface area contributed by atoms with Crippen molar-refractivity contribution in [3.8, 4) is 0 Å². The van der Waals surface area contributed by atoms with Gasteiger partial charge in [-0.3, -0.25) is 4.79 Å². The van der Waals surface area contributed by atoms with E-state index in [-0.39, 0.29) is 11.9 Å². The molecule has 5 nitrogen and oxygen atoms in total. The number of carbonyl (C=O) groups excluding carboxylic acids is 2. The molecule has 0 heterocycles. The van der Waals surface area contributed by atoms with Gasteiger partial charge >= 0.3 is 6.03 Å². The molecule has 3 N–H and O–H groups in total. The highest BCUT2D eigenvalue weighted by atomic mass is 16.2. The second-order valence-corrected chi connectivity index (χ2v) is 4.55. The van der Waals surface area contributed by atoms with Gasteiger partial charge in [-0.25, -0.2) is 4.79 Å². The molecule has 0 fully saturated rings. The zero-order chi connectivity index (χ0) is 13.3. The van der Waals surface area contributed by atoms with E-state index in [0.717, 1.165) is 12.8 Å². The Morgan fingerprint density at radius 1 is 1.24 bits per heavy atom. The molecule has 0 saturated heterocycles. The fraction of sp³-hybridized carbons (Fsp3) is 0.833. The van der Waals surface area contributed by atoms with Crippen LogP contribution in [0.4, 0.5) is 4.79 Å². The zero-order valence-electron chi connectivity index (χ0n) is 11.3. The predicted octanol–water partition coefficient (Wildman–Crippen LogP) is 1.25. The SMILES string of the molecule is CCCCNC(=O)NC(CC(C)C)C(=O)NC. The van der Waals surface area contributed by atoms with E-state index >= 15 is 0 Å². The molecule has 1 unspecified atom stereocenters. The molecule has 0 rings (SSSR count). The number of amides is 3. The lowest BCUT2D eigenvalue weighted by Gasteiger charge is -2.19. The van der Waals surface area contributed by atoms with Gasteiger partial charge in [0.2, 0.25) is 5.91 Å². The molecule has 0 aliphatic heterocycles. The number of urea groups is 1. The normalized spacial score (nSPS) is 12.1. The van der Waals surface area contributed by atoms with Gasteiger partial charge in [-0.05, 0) is 18.8 Å². The van der Waals surface area contributed by atoms with E-state index in [1.54, 1.807) is 7.05 Å². The Hall–Kier alpha value is -1.26. The molecule has 0 aromatic rings. The van der Waals surface area contributed by atoms with Crippen molar-refractivity contribution >= 4 is 11.9 Å². The molecule has 0 aromatic carbocycles. The lowest BCUT2D eigenvalue weighted by molar-refractivity contribution is -0.122. The molecule has 17 heavy (non-hydrogen) atoms. The number of hydrogen-bond donors (Lipinski definition) is 3. The maximum atomic E-state index is 11.6. The van der Waals surface area contributed by atoms with E-state index < -0.39 is 6.04 Å². The van der Waals surface area contributed by atoms with Gasteiger partial charge < -0.3 is 16.0 Å². The minimum absolute atomic E-state index is 0.149. The van der Waals surface area contributed by atoms with Gasteiger partial charge in [0.25, 0.3) is 0 Å². The van der Waals surface area contributed by atoms with Crippen molar-refractivity contribution in [1.82, 2.24) is 16.0 Å². The Balaban J connectivity index is 4.13. The second-order valence-electron chi connectivity index (χ2n) is 4.55. The van der Waals surface area contributed by atoms with Crippen molar-refractivity contribution in [3.05, 3.63) is 0 Å². The number of rotatable bonds is 7. The second kappa shape index (κ2) is 8.84. The zero-order valence-corrected chi connectivity index (χ0v) is 11.3. The van der Waals surface area contributed by atoms with Crippen LogP contribution in [0.25, 0.3) is 0 Å². The Kier molecular flexibility index (Phi) is 8.19. The third-order valence-electron chi connectivity index (χ3n) is 2.39. The van der Waals surface area contributed by atoms with Crippen molar-refractivity contribution in [2.45, 2.75) is 46.1 Å². The summed E-state index contributed by atoms with van der Waals surface area (Å²) in [4.78, 5) is 23.1. The van der Waals surface area contributed by atoms with E-state index in [1.165, 1.54) is 0 Å². The van der Waals surface area contributed by atoms with Crippen LogP contribution < -0.4 is 16.0 Å². The summed E-state index contributed by atoms with van der Waals surface area (Å²) >= 11 is 0. The number of likely N-dealkylation sites (N-methyl/N-ethyl adjacent to an activating group) is 1. The third-order valence-corrected chi connectivity index (χ3v) is 2.39. The predicted molar refractivity (Wildman–Crippen MR) is 68.8 cm³/mol. The van der Waals surface area contributed by atoms with Crippen LogP contribution in [-0.2, 0) is 4.79 Å². The summed E-state index contributed by atoms with van der Waals surface area (Å²) in [7, 11) is 1.58. The fourth-order valence-electron chi connectivity index (χ4n) is 1.47. The van der Waals surface area contributed by atoms with E-state index in [1.807, 2.05) is 13.8 Å². The van der Waals surface area contributed by atoms with Crippen LogP contribution in [0.5, 0.6) is 0 Å². The van der Waals surface area contributed by atoms with Gasteiger partial charge in [-0.2, -0.15) is 0 Å². The fourth-order valence-corrected chi connectivity index (χ4v) is 1.47. The molecule has 5 heteroatoms. The van der Waals surface area contributed by atoms with Crippen LogP contribution >= 0.6 is 0 Å². The summed E-state index contributed by atoms with van der Waals surface area (Å²) in [6.07, 6.45) is 2.62. The number of hydrogen-bond acceptors (Lipinski definition) is 2. The van der Waals surface area contributed by atoms with E-state index in [0.29, 0.717) is 18.9 Å². The maximum absolute atomic E-state index is 11.6. The number of unbranched alkanes of at least 4 members (excludes halogenated alkanes) is 1. The number of nitrogens with one attached hydrogen (secondary N) is 3. The highest BCUT2D eigenvalue weighted by molar-refractivity contribution is 5.86. The molecule has 0 aromatic heterocycles. The van der Waals surface area contributed by atoms with Crippen molar-refractivity contribution in [2.24, 2.45) is 5.92 Å². The average Bonchev–Trinajstić information content (AvgIpc) is 2.27. The van der Waals surface area contributed by atoms with Crippen molar-refractivity contribution in [2.75, 3.05) is 13.6 Å². The minimum Gasteiger partial charge on any atom is -0.357 e. The van der Waals surface area contributed by atoms with Gasteiger partial charge in [0.1, 0.15) is 6.04 Å². The molecular weight excluding hydrogens is 218 g/mol. The van der Waals surface area contributed by atoms with E-state index in [9.17, 15) is 9.59 Å². The Labute approximate surface area is 104 Å². The Morgan fingerprint density at radius 2 is 1.88 bits per heavy atom. The monoisotopic (exact) mass is 243 g/mol. The summed E-state index contributed by atoms with van der Waals surface area (Å²) in [5.74, 6) is 0.206. The molecule has 0 aliphatic rings. The molecule has 100 valence electrons. The molecule has 0 aliphatic carbocycles. The smallest absolute Gasteiger partial charge is 0.315 e. The Bertz CT molecular complexity index is 242. The van der Waals surface area contributed by atoms with Crippen LogP contribution in [0.3, 0.4) is 0 Å². The first-order valence-electron chi connectivity index (χ1n) is 6.27. The van der Waals surface area contributed by atoms with Gasteiger partial charge in [-0.1, -0.05) is 27.2 Å². The quantitative estimate of drug-likeness (QED) is 0.589. The van der Waals surface area contributed by atoms with Crippen LogP contribution in [-0.4, -0.2) is 31.6 Å². The third kappa shape index (κ3) is 7.60. The molecule has 0 bridgehead atoms. The summed E-state index contributed by atoms with van der Waals surface area (Å²) in [5.41, 5.74) is 0. The lowest BCUT2D eigenvalue weighted by atomic mass is 10.0. The molecule has 0 spiro atoms. The first-order valence-corrected chi connectivity index (χ1v) is 6.27. The van der Waals surface area contributed by atoms with Crippen molar-refractivity contribution in [1.29, 1.82) is 0 Å². The molecular formula is C12H25N3O2. The lowest BCUT2D eigenvalue weighted by Crippen LogP contribution is -2.50. The first-order chi connectivity index (χ1) is 8.01. The largest absolute Gasteiger partial charge is 0.357 e. The minimum atomic E-state index is -0.457. The topological polar surface area (TPSA) is 70.2 Å². The average molecular weight is 243 g/mol. The summed E-state index contributed by atoms with van der Waals surface area (Å²) in [6, 6.07) is -0.727. The molecule has 1 atom stereocenters. The molecule has 0 radical (unpaired) electrons. The highest BCUT2D eigenvalue weighted by Gasteiger charge is 2.20. The van der Waals surface area contributed by atoms with E-state index in [2.05, 4.69) is 22.9 Å². The van der Waals surface area contributed by atoms with Gasteiger partial charge in [0.05, 0.1) is 0 Å². The standard InChI is InChI=1S/C12H25N3O2/c1-5-6-7-14-12(17)15-10(8-9(2)3)11(16)13-4/h9-10H,5-8H2,1-4H3,(H,13,16)(H2,14,15,17). The van der Waals surface area contributed by atoms with Gasteiger partial charge in [-0.15, -0.1) is 0 Å². The summed E-state index contributed by atoms with van der Waals surface area (Å²) in [5, 5.41) is 7.99. The number of carbonyl (C=O) groups is 2.